The van der Waals surface area contributed by atoms with Crippen molar-refractivity contribution in [3.8, 4) is 5.75 Å². The fraction of sp³-hybridized carbons (Fsp3) is 0.522. The van der Waals surface area contributed by atoms with Gasteiger partial charge in [-0.2, -0.15) is 0 Å². The van der Waals surface area contributed by atoms with E-state index in [2.05, 4.69) is 24.4 Å². The van der Waals surface area contributed by atoms with Crippen molar-refractivity contribution < 1.29 is 9.90 Å². The van der Waals surface area contributed by atoms with E-state index in [1.54, 1.807) is 0 Å². The lowest BCUT2D eigenvalue weighted by atomic mass is 9.80. The summed E-state index contributed by atoms with van der Waals surface area (Å²) in [4.78, 5) is 36.1. The van der Waals surface area contributed by atoms with Gasteiger partial charge in [0.25, 0.3) is 10.9 Å². The van der Waals surface area contributed by atoms with Crippen molar-refractivity contribution in [3.63, 3.8) is 0 Å². The van der Waals surface area contributed by atoms with Crippen LogP contribution in [-0.4, -0.2) is 35.0 Å². The minimum Gasteiger partial charge on any atom is -0.502 e. The van der Waals surface area contributed by atoms with E-state index in [1.165, 1.54) is 18.4 Å². The number of hydrogen-bond donors (Lipinski definition) is 2. The number of nitrogens with one attached hydrogen (secondary N) is 1. The second kappa shape index (κ2) is 10.8. The van der Waals surface area contributed by atoms with Gasteiger partial charge in [-0.15, -0.1) is 0 Å². The van der Waals surface area contributed by atoms with Crippen molar-refractivity contribution in [2.24, 2.45) is 5.92 Å². The van der Waals surface area contributed by atoms with Gasteiger partial charge in [-0.1, -0.05) is 49.7 Å². The molecule has 0 atom stereocenters. The highest BCUT2D eigenvalue weighted by atomic mass is 16.3. The lowest BCUT2D eigenvalue weighted by Crippen LogP contribution is -2.51. The van der Waals surface area contributed by atoms with E-state index in [4.69, 9.17) is 0 Å². The summed E-state index contributed by atoms with van der Waals surface area (Å²) in [5.74, 6) is 0.221. The van der Waals surface area contributed by atoms with Gasteiger partial charge in [-0.05, 0) is 38.5 Å². The molecule has 1 aliphatic carbocycles. The number of amides is 1. The molecule has 29 heavy (non-hydrogen) atoms. The number of aryl methyl sites for hydroxylation is 1. The van der Waals surface area contributed by atoms with Crippen LogP contribution in [0.15, 0.2) is 39.9 Å². The average Bonchev–Trinajstić information content (AvgIpc) is 2.79. The number of carbonyl (C=O) groups is 1. The van der Waals surface area contributed by atoms with Gasteiger partial charge in [0.1, 0.15) is 5.69 Å². The zero-order valence-corrected chi connectivity index (χ0v) is 17.6. The lowest BCUT2D eigenvalue weighted by Gasteiger charge is -2.45. The van der Waals surface area contributed by atoms with E-state index in [0.717, 1.165) is 19.4 Å². The standard InChI is InChI=1S/C14H18N2O4.C7H8.C2H6/c17-10(16-7-8-1-3-9(16)4-2-8)5-6-15-11-12(18)14(20)13(11)19;1-7-5-3-2-4-6-7;1-2/h8-9,15,18H,1-7H2;2-6H,1H3;1-2H3. The normalized spacial score (nSPS) is 19.6. The molecule has 2 aromatic carbocycles. The van der Waals surface area contributed by atoms with Gasteiger partial charge in [0, 0.05) is 25.6 Å². The molecule has 3 aliphatic rings. The minimum atomic E-state index is -0.854. The molecule has 0 radical (unpaired) electrons. The van der Waals surface area contributed by atoms with E-state index in [1.807, 2.05) is 36.9 Å². The molecule has 5 rings (SSSR count). The van der Waals surface area contributed by atoms with Crippen molar-refractivity contribution >= 4 is 11.6 Å². The second-order valence-corrected chi connectivity index (χ2v) is 7.43. The quantitative estimate of drug-likeness (QED) is 0.770. The van der Waals surface area contributed by atoms with E-state index >= 15 is 0 Å². The number of fused-ring (bicyclic) bond motifs is 3. The molecule has 0 spiro atoms. The van der Waals surface area contributed by atoms with Crippen molar-refractivity contribution in [2.45, 2.75) is 58.9 Å². The molecule has 158 valence electrons. The van der Waals surface area contributed by atoms with E-state index < -0.39 is 16.6 Å². The van der Waals surface area contributed by atoms with Crippen molar-refractivity contribution in [1.29, 1.82) is 0 Å². The first-order valence-corrected chi connectivity index (χ1v) is 10.5. The Bertz CT molecular complexity index is 848. The molecule has 2 N–H and O–H groups in total. The van der Waals surface area contributed by atoms with Gasteiger partial charge < -0.3 is 15.3 Å². The molecular formula is C23H32N2O4. The first kappa shape index (κ1) is 22.7. The largest absolute Gasteiger partial charge is 0.502 e. The highest BCUT2D eigenvalue weighted by Crippen LogP contribution is 2.35. The van der Waals surface area contributed by atoms with Gasteiger partial charge in [0.15, 0.2) is 5.75 Å². The summed E-state index contributed by atoms with van der Waals surface area (Å²) in [5, 5.41) is 11.9. The third-order valence-corrected chi connectivity index (χ3v) is 5.50. The summed E-state index contributed by atoms with van der Waals surface area (Å²) >= 11 is 0. The van der Waals surface area contributed by atoms with Gasteiger partial charge >= 0.3 is 0 Å². The number of carbonyl (C=O) groups excluding carboxylic acids is 1. The molecule has 1 amide bonds. The van der Waals surface area contributed by atoms with Crippen LogP contribution in [0.3, 0.4) is 0 Å². The summed E-state index contributed by atoms with van der Waals surface area (Å²) < 4.78 is 0. The average molecular weight is 401 g/mol. The van der Waals surface area contributed by atoms with Crippen LogP contribution in [-0.2, 0) is 4.79 Å². The Labute approximate surface area is 172 Å². The van der Waals surface area contributed by atoms with Crippen LogP contribution in [0.2, 0.25) is 0 Å². The fourth-order valence-corrected chi connectivity index (χ4v) is 3.89. The maximum absolute atomic E-state index is 12.2. The number of anilines is 1. The molecule has 2 aromatic rings. The molecule has 2 aliphatic heterocycles. The first-order valence-electron chi connectivity index (χ1n) is 10.5. The Morgan fingerprint density at radius 2 is 1.69 bits per heavy atom. The van der Waals surface area contributed by atoms with Gasteiger partial charge in [-0.3, -0.25) is 14.4 Å². The lowest BCUT2D eigenvalue weighted by molar-refractivity contribution is -0.138. The molecule has 2 heterocycles. The summed E-state index contributed by atoms with van der Waals surface area (Å²) in [6.45, 7) is 7.21. The van der Waals surface area contributed by atoms with E-state index in [9.17, 15) is 19.5 Å². The topological polar surface area (TPSA) is 86.7 Å². The Hall–Kier alpha value is -2.63. The monoisotopic (exact) mass is 400 g/mol. The number of benzene rings is 1. The first-order chi connectivity index (χ1) is 14.0. The third-order valence-electron chi connectivity index (χ3n) is 5.50. The molecule has 6 heteroatoms. The van der Waals surface area contributed by atoms with Crippen LogP contribution >= 0.6 is 0 Å². The van der Waals surface area contributed by atoms with Crippen molar-refractivity contribution in [3.05, 3.63) is 56.3 Å². The number of hydrogen-bond acceptors (Lipinski definition) is 5. The maximum Gasteiger partial charge on any atom is 0.271 e. The van der Waals surface area contributed by atoms with E-state index in [-0.39, 0.29) is 24.6 Å². The molecule has 6 nitrogen and oxygen atoms in total. The Balaban J connectivity index is 0.000000280. The minimum absolute atomic E-state index is 0.0528. The molecule has 3 fully saturated rings. The molecule has 2 bridgehead atoms. The van der Waals surface area contributed by atoms with Gasteiger partial charge in [0.2, 0.25) is 5.91 Å². The molecule has 2 saturated heterocycles. The Kier molecular flexibility index (Phi) is 8.43. The number of rotatable bonds is 4. The fourth-order valence-electron chi connectivity index (χ4n) is 3.89. The van der Waals surface area contributed by atoms with Crippen molar-refractivity contribution in [2.75, 3.05) is 18.4 Å². The molecule has 0 unspecified atom stereocenters. The van der Waals surface area contributed by atoms with Gasteiger partial charge in [0.05, 0.1) is 0 Å². The maximum atomic E-state index is 12.2. The van der Waals surface area contributed by atoms with Crippen LogP contribution in [0, 0.1) is 12.8 Å². The Morgan fingerprint density at radius 3 is 2.14 bits per heavy atom. The third kappa shape index (κ3) is 5.68. The second-order valence-electron chi connectivity index (χ2n) is 7.43. The SMILES string of the molecule is CC.Cc1ccccc1.O=C(CCNc1c(O)c(=O)c1=O)N1CC2CCC1CC2. The molecular weight excluding hydrogens is 368 g/mol. The highest BCUT2D eigenvalue weighted by Gasteiger charge is 2.35. The molecule has 1 saturated carbocycles. The van der Waals surface area contributed by atoms with Crippen LogP contribution in [0.1, 0.15) is 51.5 Å². The highest BCUT2D eigenvalue weighted by molar-refractivity contribution is 5.77. The smallest absolute Gasteiger partial charge is 0.271 e. The van der Waals surface area contributed by atoms with Crippen LogP contribution in [0.4, 0.5) is 5.69 Å². The summed E-state index contributed by atoms with van der Waals surface area (Å²) in [7, 11) is 0. The van der Waals surface area contributed by atoms with Gasteiger partial charge in [-0.25, -0.2) is 0 Å². The number of piperidine rings is 2. The number of aromatic hydroxyl groups is 1. The summed E-state index contributed by atoms with van der Waals surface area (Å²) in [5.41, 5.74) is -0.287. The molecule has 0 aromatic heterocycles. The zero-order valence-electron chi connectivity index (χ0n) is 17.6. The van der Waals surface area contributed by atoms with Crippen LogP contribution in [0.5, 0.6) is 5.75 Å². The van der Waals surface area contributed by atoms with Crippen molar-refractivity contribution in [1.82, 2.24) is 4.90 Å². The summed E-state index contributed by atoms with van der Waals surface area (Å²) in [6.07, 6.45) is 4.93. The predicted molar refractivity (Wildman–Crippen MR) is 116 cm³/mol. The zero-order chi connectivity index (χ0) is 21.4. The van der Waals surface area contributed by atoms with Crippen LogP contribution < -0.4 is 16.2 Å². The predicted octanol–water partition coefficient (Wildman–Crippen LogP) is 3.21. The van der Waals surface area contributed by atoms with E-state index in [0.29, 0.717) is 12.0 Å². The van der Waals surface area contributed by atoms with Crippen LogP contribution in [0.25, 0.3) is 0 Å². The summed E-state index contributed by atoms with van der Waals surface area (Å²) in [6, 6.07) is 10.6. The Morgan fingerprint density at radius 1 is 1.07 bits per heavy atom. The number of nitrogens with zero attached hydrogens (tertiary/aromatic N) is 1.